The van der Waals surface area contributed by atoms with Crippen molar-refractivity contribution < 1.29 is 19.1 Å². The highest BCUT2D eigenvalue weighted by Gasteiger charge is 2.40. The number of anilines is 3. The van der Waals surface area contributed by atoms with E-state index in [1.54, 1.807) is 48.5 Å². The average Bonchev–Trinajstić information content (AvgIpc) is 3.40. The highest BCUT2D eigenvalue weighted by Crippen LogP contribution is 2.36. The van der Waals surface area contributed by atoms with Crippen molar-refractivity contribution in [1.82, 2.24) is 0 Å². The summed E-state index contributed by atoms with van der Waals surface area (Å²) < 4.78 is 5.68. The van der Waals surface area contributed by atoms with Crippen LogP contribution in [0.15, 0.2) is 71.7 Å². The maximum atomic E-state index is 13.5. The standard InChI is InChI=1S/C25H23N3O4S/c1-3-13-32-20-7-4-6-19(15-20)28-24(30)22(21-8-5-14-33-21)23(25(28)31)27-18-11-9-17(10-12-18)26-16(2)29/h4-12,14-15,27H,3,13H2,1-2H3,(H,26,29). The number of nitrogens with zero attached hydrogens (tertiary/aromatic N) is 1. The van der Waals surface area contributed by atoms with E-state index in [2.05, 4.69) is 10.6 Å². The first kappa shape index (κ1) is 22.3. The number of thiophene rings is 1. The summed E-state index contributed by atoms with van der Waals surface area (Å²) in [4.78, 5) is 40.0. The predicted octanol–water partition coefficient (Wildman–Crippen LogP) is 4.89. The van der Waals surface area contributed by atoms with Crippen molar-refractivity contribution in [2.45, 2.75) is 20.3 Å². The molecular formula is C25H23N3O4S. The van der Waals surface area contributed by atoms with Crippen molar-refractivity contribution in [3.05, 3.63) is 76.6 Å². The van der Waals surface area contributed by atoms with Gasteiger partial charge in [0.15, 0.2) is 0 Å². The Morgan fingerprint density at radius 3 is 2.42 bits per heavy atom. The van der Waals surface area contributed by atoms with Gasteiger partial charge in [0, 0.05) is 29.2 Å². The molecule has 0 aliphatic carbocycles. The molecule has 2 heterocycles. The van der Waals surface area contributed by atoms with Crippen molar-refractivity contribution in [3.8, 4) is 5.75 Å². The van der Waals surface area contributed by atoms with Gasteiger partial charge in [-0.3, -0.25) is 14.4 Å². The lowest BCUT2D eigenvalue weighted by atomic mass is 10.2. The number of carbonyl (C=O) groups excluding carboxylic acids is 3. The van der Waals surface area contributed by atoms with Gasteiger partial charge in [-0.2, -0.15) is 0 Å². The van der Waals surface area contributed by atoms with Crippen LogP contribution < -0.4 is 20.3 Å². The maximum absolute atomic E-state index is 13.5. The Morgan fingerprint density at radius 1 is 1.00 bits per heavy atom. The van der Waals surface area contributed by atoms with Crippen molar-refractivity contribution in [3.63, 3.8) is 0 Å². The van der Waals surface area contributed by atoms with Gasteiger partial charge < -0.3 is 15.4 Å². The second-order valence-corrected chi connectivity index (χ2v) is 8.35. The predicted molar refractivity (Wildman–Crippen MR) is 130 cm³/mol. The monoisotopic (exact) mass is 461 g/mol. The van der Waals surface area contributed by atoms with Crippen LogP contribution in [-0.4, -0.2) is 24.3 Å². The number of rotatable bonds is 8. The summed E-state index contributed by atoms with van der Waals surface area (Å²) in [6.07, 6.45) is 0.852. The highest BCUT2D eigenvalue weighted by molar-refractivity contribution is 7.11. The van der Waals surface area contributed by atoms with Crippen molar-refractivity contribution in [2.24, 2.45) is 0 Å². The van der Waals surface area contributed by atoms with E-state index in [-0.39, 0.29) is 11.6 Å². The zero-order valence-electron chi connectivity index (χ0n) is 18.3. The largest absolute Gasteiger partial charge is 0.494 e. The molecule has 1 aromatic heterocycles. The minimum absolute atomic E-state index is 0.171. The van der Waals surface area contributed by atoms with Crippen LogP contribution in [0, 0.1) is 0 Å². The first-order valence-electron chi connectivity index (χ1n) is 10.5. The Hall–Kier alpha value is -3.91. The van der Waals surface area contributed by atoms with E-state index in [0.717, 1.165) is 6.42 Å². The third-order valence-corrected chi connectivity index (χ3v) is 5.76. The number of hydrogen-bond donors (Lipinski definition) is 2. The number of carbonyl (C=O) groups is 3. The maximum Gasteiger partial charge on any atom is 0.282 e. The minimum atomic E-state index is -0.443. The molecule has 0 radical (unpaired) electrons. The Balaban J connectivity index is 1.67. The van der Waals surface area contributed by atoms with Gasteiger partial charge >= 0.3 is 0 Å². The van der Waals surface area contributed by atoms with Crippen LogP contribution in [0.25, 0.3) is 5.57 Å². The number of imide groups is 1. The van der Waals surface area contributed by atoms with Crippen LogP contribution in [0.5, 0.6) is 5.75 Å². The molecule has 33 heavy (non-hydrogen) atoms. The Kier molecular flexibility index (Phi) is 6.55. The van der Waals surface area contributed by atoms with E-state index in [9.17, 15) is 14.4 Å². The second-order valence-electron chi connectivity index (χ2n) is 7.40. The van der Waals surface area contributed by atoms with Gasteiger partial charge in [-0.15, -0.1) is 11.3 Å². The van der Waals surface area contributed by atoms with E-state index >= 15 is 0 Å². The quantitative estimate of drug-likeness (QED) is 0.466. The number of benzene rings is 2. The van der Waals surface area contributed by atoms with Gasteiger partial charge in [-0.1, -0.05) is 19.1 Å². The molecular weight excluding hydrogens is 438 g/mol. The Bertz CT molecular complexity index is 1220. The molecule has 168 valence electrons. The van der Waals surface area contributed by atoms with E-state index in [4.69, 9.17) is 4.74 Å². The number of ether oxygens (including phenoxy) is 1. The summed E-state index contributed by atoms with van der Waals surface area (Å²) in [5.41, 5.74) is 2.23. The molecule has 2 aromatic carbocycles. The first-order chi connectivity index (χ1) is 16.0. The van der Waals surface area contributed by atoms with Crippen molar-refractivity contribution >= 4 is 51.7 Å². The van der Waals surface area contributed by atoms with Crippen LogP contribution in [0.2, 0.25) is 0 Å². The van der Waals surface area contributed by atoms with Gasteiger partial charge in [0.25, 0.3) is 11.8 Å². The van der Waals surface area contributed by atoms with Crippen molar-refractivity contribution in [2.75, 3.05) is 22.1 Å². The third-order valence-electron chi connectivity index (χ3n) is 4.87. The SMILES string of the molecule is CCCOc1cccc(N2C(=O)C(Nc3ccc(NC(C)=O)cc3)=C(c3cccs3)C2=O)c1. The molecule has 1 aliphatic heterocycles. The molecule has 7 nitrogen and oxygen atoms in total. The zero-order chi connectivity index (χ0) is 23.4. The van der Waals surface area contributed by atoms with Gasteiger partial charge in [-0.05, 0) is 54.3 Å². The minimum Gasteiger partial charge on any atom is -0.494 e. The van der Waals surface area contributed by atoms with Crippen LogP contribution >= 0.6 is 11.3 Å². The van der Waals surface area contributed by atoms with E-state index in [1.807, 2.05) is 24.4 Å². The van der Waals surface area contributed by atoms with Gasteiger partial charge in [0.05, 0.1) is 17.9 Å². The molecule has 0 fully saturated rings. The fraction of sp³-hybridized carbons (Fsp3) is 0.160. The van der Waals surface area contributed by atoms with Gasteiger partial charge in [-0.25, -0.2) is 4.90 Å². The van der Waals surface area contributed by atoms with Crippen LogP contribution in [0.4, 0.5) is 17.1 Å². The third kappa shape index (κ3) is 4.80. The summed E-state index contributed by atoms with van der Waals surface area (Å²) in [7, 11) is 0. The van der Waals surface area contributed by atoms with Gasteiger partial charge in [0.1, 0.15) is 11.4 Å². The molecule has 0 bridgehead atoms. The first-order valence-corrected chi connectivity index (χ1v) is 11.4. The summed E-state index contributed by atoms with van der Waals surface area (Å²) in [5.74, 6) is -0.409. The number of nitrogens with one attached hydrogen (secondary N) is 2. The van der Waals surface area contributed by atoms with E-state index in [1.165, 1.54) is 23.2 Å². The molecule has 0 saturated carbocycles. The fourth-order valence-electron chi connectivity index (χ4n) is 3.45. The summed E-state index contributed by atoms with van der Waals surface area (Å²) >= 11 is 1.39. The number of amides is 3. The summed E-state index contributed by atoms with van der Waals surface area (Å²) in [5, 5.41) is 7.68. The molecule has 8 heteroatoms. The molecule has 0 spiro atoms. The molecule has 0 unspecified atom stereocenters. The smallest absolute Gasteiger partial charge is 0.282 e. The summed E-state index contributed by atoms with van der Waals surface area (Å²) in [6, 6.07) is 17.6. The van der Waals surface area contributed by atoms with Crippen LogP contribution in [0.1, 0.15) is 25.1 Å². The molecule has 1 aliphatic rings. The lowest BCUT2D eigenvalue weighted by molar-refractivity contribution is -0.120. The van der Waals surface area contributed by atoms with Gasteiger partial charge in [0.2, 0.25) is 5.91 Å². The molecule has 4 rings (SSSR count). The average molecular weight is 462 g/mol. The van der Waals surface area contributed by atoms with Crippen LogP contribution in [-0.2, 0) is 14.4 Å². The summed E-state index contributed by atoms with van der Waals surface area (Å²) in [6.45, 7) is 3.99. The normalized spacial score (nSPS) is 13.5. The second kappa shape index (κ2) is 9.70. The Morgan fingerprint density at radius 2 is 1.76 bits per heavy atom. The zero-order valence-corrected chi connectivity index (χ0v) is 19.1. The molecule has 0 atom stereocenters. The lowest BCUT2D eigenvalue weighted by Crippen LogP contribution is -2.32. The molecule has 2 N–H and O–H groups in total. The van der Waals surface area contributed by atoms with Crippen LogP contribution in [0.3, 0.4) is 0 Å². The van der Waals surface area contributed by atoms with Crippen molar-refractivity contribution in [1.29, 1.82) is 0 Å². The fourth-order valence-corrected chi connectivity index (χ4v) is 4.21. The lowest BCUT2D eigenvalue weighted by Gasteiger charge is -2.16. The topological polar surface area (TPSA) is 87.7 Å². The Labute approximate surface area is 195 Å². The van der Waals surface area contributed by atoms with E-state index in [0.29, 0.717) is 39.9 Å². The molecule has 3 aromatic rings. The molecule has 3 amide bonds. The van der Waals surface area contributed by atoms with E-state index < -0.39 is 11.8 Å². The number of hydrogen-bond acceptors (Lipinski definition) is 6. The molecule has 0 saturated heterocycles. The highest BCUT2D eigenvalue weighted by atomic mass is 32.1.